The largest absolute Gasteiger partial charge is 0.383 e. The average Bonchev–Trinajstić information content (AvgIpc) is 2.22. The van der Waals surface area contributed by atoms with Gasteiger partial charge >= 0.3 is 0 Å². The third-order valence-electron chi connectivity index (χ3n) is 3.19. The number of hydrogen-bond donors (Lipinski definition) is 1. The molecule has 1 heterocycles. The van der Waals surface area contributed by atoms with Gasteiger partial charge in [-0.05, 0) is 39.4 Å². The summed E-state index contributed by atoms with van der Waals surface area (Å²) in [6, 6.07) is 1.25. The summed E-state index contributed by atoms with van der Waals surface area (Å²) in [4.78, 5) is 2.41. The highest BCUT2D eigenvalue weighted by Gasteiger charge is 2.19. The summed E-state index contributed by atoms with van der Waals surface area (Å²) in [5.41, 5.74) is 0. The second kappa shape index (κ2) is 7.20. The first kappa shape index (κ1) is 12.9. The lowest BCUT2D eigenvalue weighted by Crippen LogP contribution is -2.46. The van der Waals surface area contributed by atoms with Gasteiger partial charge in [-0.15, -0.1) is 0 Å². The Hall–Kier alpha value is -0.120. The van der Waals surface area contributed by atoms with Crippen molar-refractivity contribution in [2.75, 3.05) is 33.9 Å². The molecule has 0 aromatic heterocycles. The quantitative estimate of drug-likeness (QED) is 0.725. The number of nitrogens with one attached hydrogen (secondary N) is 1. The van der Waals surface area contributed by atoms with Crippen LogP contribution in [0.25, 0.3) is 0 Å². The van der Waals surface area contributed by atoms with Crippen molar-refractivity contribution in [2.24, 2.45) is 0 Å². The van der Waals surface area contributed by atoms with Gasteiger partial charge in [-0.1, -0.05) is 13.3 Å². The maximum absolute atomic E-state index is 5.25. The van der Waals surface area contributed by atoms with Gasteiger partial charge in [0, 0.05) is 19.2 Å². The van der Waals surface area contributed by atoms with Gasteiger partial charge in [0.15, 0.2) is 0 Å². The zero-order valence-electron chi connectivity index (χ0n) is 10.5. The zero-order chi connectivity index (χ0) is 11.1. The fraction of sp³-hybridized carbons (Fsp3) is 1.00. The monoisotopic (exact) mass is 214 g/mol. The van der Waals surface area contributed by atoms with Crippen LogP contribution in [-0.4, -0.2) is 50.8 Å². The molecule has 0 bridgehead atoms. The first-order chi connectivity index (χ1) is 7.26. The highest BCUT2D eigenvalue weighted by Crippen LogP contribution is 2.10. The van der Waals surface area contributed by atoms with E-state index in [9.17, 15) is 0 Å². The maximum Gasteiger partial charge on any atom is 0.0615 e. The Labute approximate surface area is 94.2 Å². The van der Waals surface area contributed by atoms with Gasteiger partial charge in [-0.3, -0.25) is 0 Å². The molecule has 0 aliphatic carbocycles. The Bertz CT molecular complexity index is 150. The molecule has 0 aromatic rings. The van der Waals surface area contributed by atoms with Gasteiger partial charge < -0.3 is 15.0 Å². The summed E-state index contributed by atoms with van der Waals surface area (Å²) in [7, 11) is 3.99. The third-order valence-corrected chi connectivity index (χ3v) is 3.19. The fourth-order valence-electron chi connectivity index (χ4n) is 2.27. The summed E-state index contributed by atoms with van der Waals surface area (Å²) in [6.07, 6.45) is 5.01. The summed E-state index contributed by atoms with van der Waals surface area (Å²) in [5.74, 6) is 0. The average molecular weight is 214 g/mol. The van der Waals surface area contributed by atoms with Crippen molar-refractivity contribution in [3.05, 3.63) is 0 Å². The van der Waals surface area contributed by atoms with Gasteiger partial charge in [0.05, 0.1) is 6.61 Å². The summed E-state index contributed by atoms with van der Waals surface area (Å²) < 4.78 is 5.25. The van der Waals surface area contributed by atoms with E-state index < -0.39 is 0 Å². The van der Waals surface area contributed by atoms with Gasteiger partial charge in [-0.2, -0.15) is 0 Å². The number of piperidine rings is 1. The molecule has 15 heavy (non-hydrogen) atoms. The van der Waals surface area contributed by atoms with Crippen LogP contribution >= 0.6 is 0 Å². The van der Waals surface area contributed by atoms with E-state index in [0.717, 1.165) is 6.61 Å². The van der Waals surface area contributed by atoms with Crippen LogP contribution in [0, 0.1) is 0 Å². The van der Waals surface area contributed by atoms with E-state index in [1.165, 1.54) is 38.8 Å². The van der Waals surface area contributed by atoms with Gasteiger partial charge in [-0.25, -0.2) is 0 Å². The lowest BCUT2D eigenvalue weighted by atomic mass is 10.0. The molecular formula is C12H26N2O. The third kappa shape index (κ3) is 4.96. The van der Waals surface area contributed by atoms with Crippen molar-refractivity contribution < 1.29 is 4.74 Å². The normalized spacial score (nSPS) is 21.8. The van der Waals surface area contributed by atoms with Gasteiger partial charge in [0.25, 0.3) is 0 Å². The molecule has 3 heteroatoms. The van der Waals surface area contributed by atoms with E-state index in [-0.39, 0.29) is 0 Å². The molecule has 3 nitrogen and oxygen atoms in total. The van der Waals surface area contributed by atoms with Crippen molar-refractivity contribution in [1.82, 2.24) is 10.2 Å². The van der Waals surface area contributed by atoms with Gasteiger partial charge in [0.2, 0.25) is 0 Å². The van der Waals surface area contributed by atoms with E-state index >= 15 is 0 Å². The Morgan fingerprint density at radius 3 is 2.60 bits per heavy atom. The first-order valence-corrected chi connectivity index (χ1v) is 6.19. The van der Waals surface area contributed by atoms with Crippen LogP contribution in [0.2, 0.25) is 0 Å². The number of ether oxygens (including phenoxy) is 1. The zero-order valence-corrected chi connectivity index (χ0v) is 10.5. The van der Waals surface area contributed by atoms with Crippen LogP contribution in [-0.2, 0) is 4.74 Å². The highest BCUT2D eigenvalue weighted by atomic mass is 16.5. The summed E-state index contributed by atoms with van der Waals surface area (Å²) >= 11 is 0. The van der Waals surface area contributed by atoms with Crippen LogP contribution in [0.5, 0.6) is 0 Å². The molecule has 0 aromatic carbocycles. The minimum atomic E-state index is 0.549. The Morgan fingerprint density at radius 2 is 2.07 bits per heavy atom. The number of hydrogen-bond acceptors (Lipinski definition) is 3. The number of likely N-dealkylation sites (tertiary alicyclic amines) is 1. The molecule has 1 aliphatic rings. The smallest absolute Gasteiger partial charge is 0.0615 e. The van der Waals surface area contributed by atoms with Crippen LogP contribution in [0.1, 0.15) is 32.6 Å². The molecule has 1 unspecified atom stereocenters. The van der Waals surface area contributed by atoms with Crippen molar-refractivity contribution in [3.8, 4) is 0 Å². The van der Waals surface area contributed by atoms with Crippen molar-refractivity contribution >= 4 is 0 Å². The van der Waals surface area contributed by atoms with E-state index in [2.05, 4.69) is 24.2 Å². The van der Waals surface area contributed by atoms with E-state index in [1.54, 1.807) is 7.11 Å². The predicted octanol–water partition coefficient (Wildman–Crippen LogP) is 1.49. The van der Waals surface area contributed by atoms with Crippen LogP contribution < -0.4 is 5.32 Å². The topological polar surface area (TPSA) is 24.5 Å². The number of nitrogens with zero attached hydrogens (tertiary/aromatic N) is 1. The van der Waals surface area contributed by atoms with Crippen LogP contribution in [0.4, 0.5) is 0 Å². The van der Waals surface area contributed by atoms with Crippen LogP contribution in [0.3, 0.4) is 0 Å². The second-order valence-electron chi connectivity index (χ2n) is 4.69. The van der Waals surface area contributed by atoms with Crippen LogP contribution in [0.15, 0.2) is 0 Å². The second-order valence-corrected chi connectivity index (χ2v) is 4.69. The minimum absolute atomic E-state index is 0.549. The molecule has 0 spiro atoms. The molecule has 1 rings (SSSR count). The molecule has 90 valence electrons. The summed E-state index contributed by atoms with van der Waals surface area (Å²) in [5, 5.41) is 3.73. The van der Waals surface area contributed by atoms with Crippen molar-refractivity contribution in [1.29, 1.82) is 0 Å². The van der Waals surface area contributed by atoms with Crippen molar-refractivity contribution in [2.45, 2.75) is 44.7 Å². The molecule has 1 aliphatic heterocycles. The van der Waals surface area contributed by atoms with E-state index in [1.807, 2.05) is 0 Å². The minimum Gasteiger partial charge on any atom is -0.383 e. The molecule has 1 saturated heterocycles. The molecular weight excluding hydrogens is 188 g/mol. The van der Waals surface area contributed by atoms with E-state index in [0.29, 0.717) is 12.1 Å². The number of rotatable bonds is 6. The Morgan fingerprint density at radius 1 is 1.40 bits per heavy atom. The molecule has 1 fully saturated rings. The van der Waals surface area contributed by atoms with E-state index in [4.69, 9.17) is 4.74 Å². The fourth-order valence-corrected chi connectivity index (χ4v) is 2.27. The lowest BCUT2D eigenvalue weighted by molar-refractivity contribution is 0.143. The predicted molar refractivity (Wildman–Crippen MR) is 64.2 cm³/mol. The Balaban J connectivity index is 2.24. The SMILES string of the molecule is CCCC(COC)NC1CCN(C)CC1. The molecule has 0 radical (unpaired) electrons. The maximum atomic E-state index is 5.25. The first-order valence-electron chi connectivity index (χ1n) is 6.19. The number of methoxy groups -OCH3 is 1. The molecule has 1 N–H and O–H groups in total. The standard InChI is InChI=1S/C12H26N2O/c1-4-5-12(10-15-3)13-11-6-8-14(2)9-7-11/h11-13H,4-10H2,1-3H3. The van der Waals surface area contributed by atoms with Crippen molar-refractivity contribution in [3.63, 3.8) is 0 Å². The molecule has 0 saturated carbocycles. The molecule has 1 atom stereocenters. The molecule has 0 amide bonds. The summed E-state index contributed by atoms with van der Waals surface area (Å²) in [6.45, 7) is 5.53. The lowest BCUT2D eigenvalue weighted by Gasteiger charge is -2.32. The Kier molecular flexibility index (Phi) is 6.22. The van der Waals surface area contributed by atoms with Gasteiger partial charge in [0.1, 0.15) is 0 Å². The highest BCUT2D eigenvalue weighted by molar-refractivity contribution is 4.79.